The van der Waals surface area contributed by atoms with Crippen LogP contribution in [0.4, 0.5) is 0 Å². The Hall–Kier alpha value is -2.35. The zero-order chi connectivity index (χ0) is 12.4. The number of hydrogen-bond donors (Lipinski definition) is 0. The fourth-order valence-electron chi connectivity index (χ4n) is 2.07. The zero-order valence-corrected chi connectivity index (χ0v) is 10.2. The lowest BCUT2D eigenvalue weighted by Gasteiger charge is -2.07. The van der Waals surface area contributed by atoms with Crippen LogP contribution in [0.15, 0.2) is 66.9 Å². The molecule has 0 amide bonds. The molecule has 0 atom stereocenters. The zero-order valence-electron chi connectivity index (χ0n) is 10.2. The van der Waals surface area contributed by atoms with Gasteiger partial charge < -0.3 is 0 Å². The first-order chi connectivity index (χ1) is 8.84. The van der Waals surface area contributed by atoms with Crippen LogP contribution < -0.4 is 0 Å². The van der Waals surface area contributed by atoms with Crippen LogP contribution in [0.25, 0.3) is 17.1 Å². The van der Waals surface area contributed by atoms with E-state index in [-0.39, 0.29) is 0 Å². The van der Waals surface area contributed by atoms with Crippen LogP contribution in [0.5, 0.6) is 0 Å². The second-order valence-electron chi connectivity index (χ2n) is 4.28. The number of aryl methyl sites for hydroxylation is 1. The Morgan fingerprint density at radius 2 is 1.44 bits per heavy atom. The molecule has 0 saturated heterocycles. The second-order valence-corrected chi connectivity index (χ2v) is 4.28. The molecule has 18 heavy (non-hydrogen) atoms. The first-order valence-electron chi connectivity index (χ1n) is 6.01. The minimum absolute atomic E-state index is 0.985. The first kappa shape index (κ1) is 10.8. The molecule has 0 spiro atoms. The summed E-state index contributed by atoms with van der Waals surface area (Å²) in [6.45, 7) is 2.02. The minimum Gasteiger partial charge on any atom is -0.300 e. The Morgan fingerprint density at radius 3 is 2.11 bits per heavy atom. The quantitative estimate of drug-likeness (QED) is 0.658. The van der Waals surface area contributed by atoms with E-state index in [1.165, 1.54) is 0 Å². The number of aromatic nitrogens is 2. The molecule has 0 aliphatic rings. The van der Waals surface area contributed by atoms with E-state index in [0.29, 0.717) is 0 Å². The molecular weight excluding hydrogens is 220 g/mol. The molecule has 0 unspecified atom stereocenters. The second kappa shape index (κ2) is 4.49. The van der Waals surface area contributed by atoms with Crippen LogP contribution in [-0.4, -0.2) is 9.55 Å². The van der Waals surface area contributed by atoms with E-state index in [0.717, 1.165) is 22.8 Å². The van der Waals surface area contributed by atoms with Crippen LogP contribution in [0.3, 0.4) is 0 Å². The van der Waals surface area contributed by atoms with Crippen molar-refractivity contribution in [1.29, 1.82) is 0 Å². The van der Waals surface area contributed by atoms with Gasteiger partial charge in [0, 0.05) is 17.4 Å². The van der Waals surface area contributed by atoms with Gasteiger partial charge in [-0.25, -0.2) is 4.98 Å². The van der Waals surface area contributed by atoms with Gasteiger partial charge >= 0.3 is 0 Å². The Balaban J connectivity index is 2.17. The lowest BCUT2D eigenvalue weighted by Crippen LogP contribution is -1.95. The van der Waals surface area contributed by atoms with Gasteiger partial charge in [0.15, 0.2) is 0 Å². The number of benzene rings is 2. The Labute approximate surface area is 107 Å². The summed E-state index contributed by atoms with van der Waals surface area (Å²) in [6.07, 6.45) is 2.07. The van der Waals surface area contributed by atoms with E-state index in [9.17, 15) is 0 Å². The third-order valence-electron chi connectivity index (χ3n) is 2.89. The highest BCUT2D eigenvalue weighted by Crippen LogP contribution is 2.22. The van der Waals surface area contributed by atoms with E-state index < -0.39 is 0 Å². The van der Waals surface area contributed by atoms with E-state index in [2.05, 4.69) is 40.0 Å². The monoisotopic (exact) mass is 234 g/mol. The normalized spacial score (nSPS) is 10.5. The number of hydrogen-bond acceptors (Lipinski definition) is 1. The van der Waals surface area contributed by atoms with Crippen molar-refractivity contribution in [3.63, 3.8) is 0 Å². The van der Waals surface area contributed by atoms with Crippen LogP contribution in [0.1, 0.15) is 5.69 Å². The lowest BCUT2D eigenvalue weighted by atomic mass is 10.2. The van der Waals surface area contributed by atoms with Crippen LogP contribution in [0, 0.1) is 6.92 Å². The topological polar surface area (TPSA) is 17.8 Å². The molecular formula is C16H14N2. The van der Waals surface area contributed by atoms with Crippen LogP contribution >= 0.6 is 0 Å². The standard InChI is InChI=1S/C16H14N2/c1-13-12-18(15-10-6-3-7-11-15)16(17-13)14-8-4-2-5-9-14/h2-12H,1H3. The first-order valence-corrected chi connectivity index (χ1v) is 6.01. The van der Waals surface area contributed by atoms with Crippen LogP contribution in [-0.2, 0) is 0 Å². The SMILES string of the molecule is Cc1cn(-c2ccccc2)c(-c2ccccc2)n1. The molecule has 2 nitrogen and oxygen atoms in total. The smallest absolute Gasteiger partial charge is 0.144 e. The molecule has 0 bridgehead atoms. The maximum Gasteiger partial charge on any atom is 0.144 e. The van der Waals surface area contributed by atoms with Crippen molar-refractivity contribution in [2.24, 2.45) is 0 Å². The maximum absolute atomic E-state index is 4.62. The summed E-state index contributed by atoms with van der Waals surface area (Å²) in [5.74, 6) is 0.985. The summed E-state index contributed by atoms with van der Waals surface area (Å²) in [5, 5.41) is 0. The molecule has 0 saturated carbocycles. The number of imidazole rings is 1. The molecule has 2 aromatic carbocycles. The van der Waals surface area contributed by atoms with Gasteiger partial charge in [0.25, 0.3) is 0 Å². The Morgan fingerprint density at radius 1 is 0.833 bits per heavy atom. The highest BCUT2D eigenvalue weighted by atomic mass is 15.1. The van der Waals surface area contributed by atoms with Gasteiger partial charge in [-0.1, -0.05) is 48.5 Å². The van der Waals surface area contributed by atoms with Crippen molar-refractivity contribution >= 4 is 0 Å². The molecule has 0 radical (unpaired) electrons. The van der Waals surface area contributed by atoms with Crippen molar-refractivity contribution in [2.75, 3.05) is 0 Å². The minimum atomic E-state index is 0.985. The Kier molecular flexibility index (Phi) is 2.69. The molecule has 3 aromatic rings. The molecule has 0 fully saturated rings. The van der Waals surface area contributed by atoms with Gasteiger partial charge in [-0.05, 0) is 19.1 Å². The number of para-hydroxylation sites is 1. The van der Waals surface area contributed by atoms with Crippen LogP contribution in [0.2, 0.25) is 0 Å². The van der Waals surface area contributed by atoms with Gasteiger partial charge in [-0.2, -0.15) is 0 Å². The summed E-state index contributed by atoms with van der Waals surface area (Å²) in [5.41, 5.74) is 3.30. The summed E-state index contributed by atoms with van der Waals surface area (Å²) in [6, 6.07) is 20.5. The average molecular weight is 234 g/mol. The van der Waals surface area contributed by atoms with E-state index in [4.69, 9.17) is 0 Å². The fraction of sp³-hybridized carbons (Fsp3) is 0.0625. The van der Waals surface area contributed by atoms with E-state index >= 15 is 0 Å². The molecule has 3 rings (SSSR count). The van der Waals surface area contributed by atoms with Crippen molar-refractivity contribution in [3.8, 4) is 17.1 Å². The van der Waals surface area contributed by atoms with Crippen molar-refractivity contribution in [2.45, 2.75) is 6.92 Å². The molecule has 88 valence electrons. The largest absolute Gasteiger partial charge is 0.300 e. The van der Waals surface area contributed by atoms with E-state index in [1.54, 1.807) is 0 Å². The third kappa shape index (κ3) is 1.93. The van der Waals surface area contributed by atoms with Crippen molar-refractivity contribution < 1.29 is 0 Å². The Bertz CT molecular complexity index is 582. The maximum atomic E-state index is 4.62. The molecule has 0 aliphatic carbocycles. The van der Waals surface area contributed by atoms with Crippen molar-refractivity contribution in [1.82, 2.24) is 9.55 Å². The predicted octanol–water partition coefficient (Wildman–Crippen LogP) is 3.85. The highest BCUT2D eigenvalue weighted by molar-refractivity contribution is 5.59. The number of rotatable bonds is 2. The number of nitrogens with zero attached hydrogens (tertiary/aromatic N) is 2. The summed E-state index contributed by atoms with van der Waals surface area (Å²) in [7, 11) is 0. The lowest BCUT2D eigenvalue weighted by molar-refractivity contribution is 1.07. The molecule has 1 aromatic heterocycles. The summed E-state index contributed by atoms with van der Waals surface area (Å²) in [4.78, 5) is 4.62. The van der Waals surface area contributed by atoms with Gasteiger partial charge in [0.2, 0.25) is 0 Å². The van der Waals surface area contributed by atoms with Gasteiger partial charge in [-0.3, -0.25) is 4.57 Å². The third-order valence-corrected chi connectivity index (χ3v) is 2.89. The van der Waals surface area contributed by atoms with Gasteiger partial charge in [0.05, 0.1) is 5.69 Å². The molecule has 2 heteroatoms. The van der Waals surface area contributed by atoms with Gasteiger partial charge in [0.1, 0.15) is 5.82 Å². The summed E-state index contributed by atoms with van der Waals surface area (Å²) >= 11 is 0. The van der Waals surface area contributed by atoms with Gasteiger partial charge in [-0.15, -0.1) is 0 Å². The van der Waals surface area contributed by atoms with Crippen molar-refractivity contribution in [3.05, 3.63) is 72.6 Å². The fourth-order valence-corrected chi connectivity index (χ4v) is 2.07. The molecule has 1 heterocycles. The highest BCUT2D eigenvalue weighted by Gasteiger charge is 2.08. The molecule has 0 aliphatic heterocycles. The summed E-state index contributed by atoms with van der Waals surface area (Å²) < 4.78 is 2.13. The average Bonchev–Trinajstić information content (AvgIpc) is 2.83. The van der Waals surface area contributed by atoms with E-state index in [1.807, 2.05) is 43.3 Å². The molecule has 0 N–H and O–H groups in total. The predicted molar refractivity (Wildman–Crippen MR) is 73.7 cm³/mol.